The molecule has 342 valence electrons. The summed E-state index contributed by atoms with van der Waals surface area (Å²) in [5.74, 6) is 0.0510. The van der Waals surface area contributed by atoms with Gasteiger partial charge in [0.25, 0.3) is 5.91 Å². The maximum Gasteiger partial charge on any atom is 0.309 e. The number of allylic oxidation sites excluding steroid dienone is 2. The summed E-state index contributed by atoms with van der Waals surface area (Å²) >= 11 is 6.39. The number of carboxylic acid groups (broad SMARTS) is 1. The summed E-state index contributed by atoms with van der Waals surface area (Å²) in [6.07, 6.45) is 12.1. The number of nitrogens with one attached hydrogen (secondary N) is 1. The second-order valence-electron chi connectivity index (χ2n) is 23.3. The van der Waals surface area contributed by atoms with E-state index in [4.69, 9.17) is 21.1 Å². The third kappa shape index (κ3) is 7.19. The Morgan fingerprint density at radius 3 is 2.29 bits per heavy atom. The molecule has 10 atom stereocenters. The first-order valence-electron chi connectivity index (χ1n) is 24.2. The number of aliphatic carboxylic acids is 1. The fourth-order valence-electron chi connectivity index (χ4n) is 15.8. The Morgan fingerprint density at radius 2 is 1.61 bits per heavy atom. The summed E-state index contributed by atoms with van der Waals surface area (Å²) in [6, 6.07) is 5.25. The molecule has 6 fully saturated rings. The predicted octanol–water partition coefficient (Wildman–Crippen LogP) is 10.6. The van der Waals surface area contributed by atoms with Crippen LogP contribution in [0.15, 0.2) is 29.3 Å². The van der Waals surface area contributed by atoms with E-state index in [-0.39, 0.29) is 56.9 Å². The van der Waals surface area contributed by atoms with Crippen molar-refractivity contribution >= 4 is 35.2 Å². The van der Waals surface area contributed by atoms with Gasteiger partial charge < -0.3 is 19.9 Å². The first-order valence-corrected chi connectivity index (χ1v) is 24.6. The van der Waals surface area contributed by atoms with Gasteiger partial charge in [0.05, 0.1) is 17.4 Å². The van der Waals surface area contributed by atoms with Crippen LogP contribution < -0.4 is 10.1 Å². The van der Waals surface area contributed by atoms with Gasteiger partial charge in [0.2, 0.25) is 0 Å². The van der Waals surface area contributed by atoms with Crippen molar-refractivity contribution in [2.24, 2.45) is 68.0 Å². The third-order valence-corrected chi connectivity index (χ3v) is 19.8. The largest absolute Gasteiger partial charge is 0.491 e. The van der Waals surface area contributed by atoms with Gasteiger partial charge in [-0.2, -0.15) is 0 Å². The van der Waals surface area contributed by atoms with Crippen LogP contribution in [0.25, 0.3) is 0 Å². The summed E-state index contributed by atoms with van der Waals surface area (Å²) in [5.41, 5.74) is 2.07. The van der Waals surface area contributed by atoms with Crippen LogP contribution in [0.2, 0.25) is 5.02 Å². The van der Waals surface area contributed by atoms with Crippen LogP contribution in [0.3, 0.4) is 0 Å². The van der Waals surface area contributed by atoms with Gasteiger partial charge in [-0.25, -0.2) is 0 Å². The Balaban J connectivity index is 0.983. The molecule has 0 unspecified atom stereocenters. The topological polar surface area (TPSA) is 122 Å². The molecular weight excluding hydrogens is 800 g/mol. The van der Waals surface area contributed by atoms with Crippen LogP contribution in [0.1, 0.15) is 156 Å². The maximum atomic E-state index is 14.2. The second kappa shape index (κ2) is 16.2. The summed E-state index contributed by atoms with van der Waals surface area (Å²) in [5, 5.41) is 13.5. The second-order valence-corrected chi connectivity index (χ2v) is 23.7. The van der Waals surface area contributed by atoms with Gasteiger partial charge in [-0.05, 0) is 159 Å². The molecule has 5 saturated carbocycles. The number of halogens is 1. The van der Waals surface area contributed by atoms with Crippen LogP contribution >= 0.6 is 11.6 Å². The Bertz CT molecular complexity index is 2000. The molecule has 0 spiro atoms. The number of ether oxygens (including phenoxy) is 2. The highest BCUT2D eigenvalue weighted by Gasteiger charge is 2.70. The smallest absolute Gasteiger partial charge is 0.309 e. The summed E-state index contributed by atoms with van der Waals surface area (Å²) < 4.78 is 12.6. The third-order valence-electron chi connectivity index (χ3n) is 19.6. The van der Waals surface area contributed by atoms with Gasteiger partial charge in [-0.1, -0.05) is 79.5 Å². The van der Waals surface area contributed by atoms with E-state index < -0.39 is 17.3 Å². The van der Waals surface area contributed by atoms with E-state index in [2.05, 4.69) is 58.7 Å². The molecule has 1 amide bonds. The van der Waals surface area contributed by atoms with Crippen LogP contribution in [0, 0.1) is 68.0 Å². The van der Waals surface area contributed by atoms with Gasteiger partial charge in [0, 0.05) is 35.4 Å². The zero-order chi connectivity index (χ0) is 44.8. The fraction of sp³-hybridized carbons (Fsp3) is 0.769. The number of fused-ring (bicyclic) bond motifs is 7. The van der Waals surface area contributed by atoms with E-state index in [1.807, 2.05) is 13.8 Å². The summed E-state index contributed by atoms with van der Waals surface area (Å²) in [6.45, 7) is 24.5. The monoisotopic (exact) mass is 875 g/mol. The van der Waals surface area contributed by atoms with Crippen LogP contribution in [0.5, 0.6) is 5.75 Å². The van der Waals surface area contributed by atoms with Crippen molar-refractivity contribution in [3.63, 3.8) is 0 Å². The number of esters is 1. The Labute approximate surface area is 376 Å². The minimum absolute atomic E-state index is 0.0191. The van der Waals surface area contributed by atoms with E-state index >= 15 is 0 Å². The van der Waals surface area contributed by atoms with E-state index in [0.29, 0.717) is 65.9 Å². The number of hydrogen-bond acceptors (Lipinski definition) is 7. The van der Waals surface area contributed by atoms with Crippen LogP contribution in [-0.2, 0) is 19.1 Å². The van der Waals surface area contributed by atoms with E-state index in [0.717, 1.165) is 83.0 Å². The minimum Gasteiger partial charge on any atom is -0.491 e. The number of rotatable bonds is 12. The van der Waals surface area contributed by atoms with Crippen molar-refractivity contribution in [2.75, 3.05) is 32.8 Å². The first-order chi connectivity index (χ1) is 29.1. The van der Waals surface area contributed by atoms with Gasteiger partial charge >= 0.3 is 11.9 Å². The van der Waals surface area contributed by atoms with Crippen molar-refractivity contribution in [2.45, 2.75) is 152 Å². The molecule has 1 aromatic rings. The molecule has 1 aromatic carbocycles. The lowest BCUT2D eigenvalue weighted by Crippen LogP contribution is -2.66. The highest BCUT2D eigenvalue weighted by atomic mass is 35.5. The quantitative estimate of drug-likeness (QED) is 0.199. The highest BCUT2D eigenvalue weighted by Crippen LogP contribution is 2.77. The van der Waals surface area contributed by atoms with Crippen LogP contribution in [0.4, 0.5) is 0 Å². The highest BCUT2D eigenvalue weighted by molar-refractivity contribution is 6.30. The fourth-order valence-corrected chi connectivity index (χ4v) is 16.0. The van der Waals surface area contributed by atoms with Gasteiger partial charge in [-0.3, -0.25) is 24.1 Å². The lowest BCUT2D eigenvalue weighted by Gasteiger charge is -2.72. The molecule has 9 nitrogen and oxygen atoms in total. The SMILES string of the molecule is CC(C)C1=C2[C@H]3CC[C@@H]4[C@@]5(C)CC[C@H](OC(=O)[C@H]6C[C@@H](C(=O)O)C6(C)C)C(C)(C)[C@@H]5CC[C@@]4(C)[C@]3(C)CC[C@@]2(CCNC(=O)c2ccc(Cl)cc2OCCN2CCCC2)CC1=O. The number of nitrogens with zero attached hydrogens (tertiary/aromatic N) is 1. The van der Waals surface area contributed by atoms with Gasteiger partial charge in [0.15, 0.2) is 5.78 Å². The number of Topliss-reactive ketones (excluding diaryl/α,β-unsaturated/α-hetero) is 1. The standard InChI is InChI=1S/C52H75ClN2O7/c1-31(2)42-37(56)30-52(22-23-54-44(57)33-13-12-32(53)28-38(33)61-27-26-55-24-10-11-25-55)21-20-50(8)34(43(42)52)14-15-40-49(7)18-17-41(48(5,6)39(49)16-19-51(40,50)9)62-46(60)36-29-35(45(58)59)47(36,3)4/h12-13,28,31,34-36,39-41H,10-11,14-27,29-30H2,1-9H3,(H,54,57)(H,58,59)/t34-,35+,36-,39+,40-,41+,49+,50-,51-,52-/m1/s1. The predicted molar refractivity (Wildman–Crippen MR) is 242 cm³/mol. The number of carbonyl (C=O) groups excluding carboxylic acids is 3. The molecule has 0 aromatic heterocycles. The van der Waals surface area contributed by atoms with Crippen molar-refractivity contribution in [1.82, 2.24) is 10.2 Å². The van der Waals surface area contributed by atoms with Crippen molar-refractivity contribution in [3.8, 4) is 5.75 Å². The van der Waals surface area contributed by atoms with Crippen LogP contribution in [-0.4, -0.2) is 72.5 Å². The van der Waals surface area contributed by atoms with Crippen molar-refractivity contribution < 1.29 is 33.8 Å². The van der Waals surface area contributed by atoms with E-state index in [1.54, 1.807) is 18.2 Å². The number of ketones is 1. The normalized spacial score (nSPS) is 38.3. The number of carboxylic acids is 1. The Hall–Kier alpha value is -2.91. The molecule has 1 aliphatic heterocycles. The lowest BCUT2D eigenvalue weighted by atomic mass is 9.33. The van der Waals surface area contributed by atoms with Gasteiger partial charge in [0.1, 0.15) is 18.5 Å². The Kier molecular flexibility index (Phi) is 11.9. The number of carbonyl (C=O) groups is 4. The molecule has 1 saturated heterocycles. The van der Waals surface area contributed by atoms with Crippen molar-refractivity contribution in [3.05, 3.63) is 39.9 Å². The zero-order valence-electron chi connectivity index (χ0n) is 39.2. The lowest BCUT2D eigenvalue weighted by molar-refractivity contribution is -0.236. The molecule has 8 rings (SSSR count). The molecular formula is C52H75ClN2O7. The van der Waals surface area contributed by atoms with Gasteiger partial charge in [-0.15, -0.1) is 0 Å². The molecule has 7 aliphatic rings. The number of hydrogen-bond donors (Lipinski definition) is 2. The molecule has 6 aliphatic carbocycles. The number of amides is 1. The average Bonchev–Trinajstić information content (AvgIpc) is 3.81. The molecule has 0 radical (unpaired) electrons. The van der Waals surface area contributed by atoms with E-state index in [9.17, 15) is 24.3 Å². The summed E-state index contributed by atoms with van der Waals surface area (Å²) in [7, 11) is 0. The average molecular weight is 876 g/mol. The molecule has 10 heteroatoms. The molecule has 2 N–H and O–H groups in total. The maximum absolute atomic E-state index is 14.2. The number of benzene rings is 1. The molecule has 62 heavy (non-hydrogen) atoms. The molecule has 1 heterocycles. The minimum atomic E-state index is -0.830. The zero-order valence-corrected chi connectivity index (χ0v) is 40.0. The van der Waals surface area contributed by atoms with E-state index in [1.165, 1.54) is 18.4 Å². The molecule has 0 bridgehead atoms. The Morgan fingerprint density at radius 1 is 0.887 bits per heavy atom. The number of likely N-dealkylation sites (tertiary alicyclic amines) is 1. The summed E-state index contributed by atoms with van der Waals surface area (Å²) in [4.78, 5) is 56.0. The first kappa shape index (κ1) is 45.7. The van der Waals surface area contributed by atoms with Crippen molar-refractivity contribution in [1.29, 1.82) is 0 Å².